The maximum absolute atomic E-state index is 14.6. The van der Waals surface area contributed by atoms with Crippen LogP contribution in [0, 0.1) is 29.8 Å². The van der Waals surface area contributed by atoms with Crippen LogP contribution in [0.25, 0.3) is 11.1 Å². The van der Waals surface area contributed by atoms with Crippen LogP contribution in [0.3, 0.4) is 0 Å². The van der Waals surface area contributed by atoms with E-state index in [1.165, 1.54) is 30.3 Å². The Labute approximate surface area is 223 Å². The number of hydrogen-bond acceptors (Lipinski definition) is 5. The number of carbonyl (C=O) groups is 1. The van der Waals surface area contributed by atoms with E-state index in [1.54, 1.807) is 19.1 Å². The number of sulfonamides is 1. The van der Waals surface area contributed by atoms with E-state index in [0.717, 1.165) is 10.4 Å². The normalized spacial score (nSPS) is 18.8. The average molecular weight is 562 g/mol. The maximum atomic E-state index is 14.6. The summed E-state index contributed by atoms with van der Waals surface area (Å²) in [5.41, 5.74) is -0.730. The molecule has 0 saturated carbocycles. The highest BCUT2D eigenvalue weighted by atomic mass is 32.2. The van der Waals surface area contributed by atoms with Gasteiger partial charge in [-0.05, 0) is 61.2 Å². The third kappa shape index (κ3) is 5.08. The molecule has 0 unspecified atom stereocenters. The van der Waals surface area contributed by atoms with Crippen LogP contribution in [0.5, 0.6) is 5.75 Å². The van der Waals surface area contributed by atoms with Crippen molar-refractivity contribution in [2.45, 2.75) is 37.2 Å². The van der Waals surface area contributed by atoms with E-state index >= 15 is 0 Å². The molecule has 1 saturated heterocycles. The number of benzene rings is 3. The van der Waals surface area contributed by atoms with Gasteiger partial charge < -0.3 is 14.6 Å². The van der Waals surface area contributed by atoms with Crippen LogP contribution in [0.15, 0.2) is 59.5 Å². The van der Waals surface area contributed by atoms with Gasteiger partial charge in [0.05, 0.1) is 22.5 Å². The summed E-state index contributed by atoms with van der Waals surface area (Å²) in [6.07, 6.45) is -0.275. The van der Waals surface area contributed by atoms with Gasteiger partial charge in [-0.2, -0.15) is 0 Å². The van der Waals surface area contributed by atoms with Gasteiger partial charge in [-0.25, -0.2) is 21.6 Å². The van der Waals surface area contributed by atoms with Crippen molar-refractivity contribution in [3.63, 3.8) is 0 Å². The summed E-state index contributed by atoms with van der Waals surface area (Å²) in [4.78, 5) is 12.3. The lowest BCUT2D eigenvalue weighted by Gasteiger charge is -2.40. The number of hydrogen-bond donors (Lipinski definition) is 1. The Morgan fingerprint density at radius 2 is 1.82 bits per heavy atom. The number of halogens is 3. The van der Waals surface area contributed by atoms with E-state index in [4.69, 9.17) is 9.47 Å². The molecule has 7 nitrogen and oxygen atoms in total. The van der Waals surface area contributed by atoms with E-state index < -0.39 is 45.0 Å². The number of nitrogens with zero attached hydrogens (tertiary/aromatic N) is 1. The molecule has 1 N–H and O–H groups in total. The second kappa shape index (κ2) is 10.2. The molecule has 11 heteroatoms. The van der Waals surface area contributed by atoms with Gasteiger partial charge >= 0.3 is 5.97 Å². The molecule has 1 fully saturated rings. The minimum Gasteiger partial charge on any atom is -0.486 e. The molecule has 206 valence electrons. The molecule has 0 bridgehead atoms. The highest BCUT2D eigenvalue weighted by Crippen LogP contribution is 2.44. The fourth-order valence-corrected chi connectivity index (χ4v) is 6.79. The predicted molar refractivity (Wildman–Crippen MR) is 137 cm³/mol. The third-order valence-corrected chi connectivity index (χ3v) is 9.07. The molecule has 5 rings (SSSR count). The Hall–Kier alpha value is -3.57. The minimum absolute atomic E-state index is 0.00139. The average Bonchev–Trinajstić information content (AvgIpc) is 2.90. The van der Waals surface area contributed by atoms with E-state index in [2.05, 4.69) is 0 Å². The third-order valence-electron chi connectivity index (χ3n) is 7.29. The molecular weight excluding hydrogens is 535 g/mol. The summed E-state index contributed by atoms with van der Waals surface area (Å²) in [6.45, 7) is 2.05. The van der Waals surface area contributed by atoms with Crippen molar-refractivity contribution in [3.05, 3.63) is 77.6 Å². The first-order valence-corrected chi connectivity index (χ1v) is 13.8. The molecular formula is C28H26F3NO6S. The number of carboxylic acids is 1. The maximum Gasteiger partial charge on any atom is 0.309 e. The Bertz CT molecular complexity index is 1540. The van der Waals surface area contributed by atoms with E-state index in [-0.39, 0.29) is 66.5 Å². The fourth-order valence-electron chi connectivity index (χ4n) is 5.19. The summed E-state index contributed by atoms with van der Waals surface area (Å²) >= 11 is 0. The SMILES string of the molecule is Cc1cccc(S(=O)(=O)N2C[C@H](CC3(C(=O)O)CCOCC3)Oc3ccc(-c4cc(F)cc(F)c4F)cc32)c1. The number of aliphatic carboxylic acids is 1. The summed E-state index contributed by atoms with van der Waals surface area (Å²) in [6, 6.07) is 11.6. The number of fused-ring (bicyclic) bond motifs is 1. The van der Waals surface area contributed by atoms with Crippen molar-refractivity contribution < 1.29 is 41.0 Å². The molecule has 0 amide bonds. The molecule has 39 heavy (non-hydrogen) atoms. The molecule has 1 atom stereocenters. The molecule has 0 spiro atoms. The predicted octanol–water partition coefficient (Wildman–Crippen LogP) is 5.31. The van der Waals surface area contributed by atoms with Crippen LogP contribution >= 0.6 is 0 Å². The largest absolute Gasteiger partial charge is 0.486 e. The van der Waals surface area contributed by atoms with Crippen molar-refractivity contribution >= 4 is 21.7 Å². The van der Waals surface area contributed by atoms with Gasteiger partial charge in [0.15, 0.2) is 11.6 Å². The first-order chi connectivity index (χ1) is 18.5. The zero-order valence-electron chi connectivity index (χ0n) is 21.0. The molecule has 2 aliphatic heterocycles. The van der Waals surface area contributed by atoms with Gasteiger partial charge in [0, 0.05) is 31.3 Å². The van der Waals surface area contributed by atoms with Crippen LogP contribution in [0.1, 0.15) is 24.8 Å². The fraction of sp³-hybridized carbons (Fsp3) is 0.321. The molecule has 0 radical (unpaired) electrons. The Balaban J connectivity index is 1.61. The number of aryl methyl sites for hydroxylation is 1. The molecule has 3 aromatic carbocycles. The molecule has 2 aliphatic rings. The second-order valence-electron chi connectivity index (χ2n) is 9.93. The van der Waals surface area contributed by atoms with Gasteiger partial charge in [0.2, 0.25) is 0 Å². The van der Waals surface area contributed by atoms with Crippen molar-refractivity contribution in [3.8, 4) is 16.9 Å². The van der Waals surface area contributed by atoms with Crippen molar-refractivity contribution in [2.24, 2.45) is 5.41 Å². The summed E-state index contributed by atoms with van der Waals surface area (Å²) in [5, 5.41) is 10.0. The molecule has 2 heterocycles. The number of carboxylic acid groups (broad SMARTS) is 1. The van der Waals surface area contributed by atoms with Crippen molar-refractivity contribution in [2.75, 3.05) is 24.1 Å². The zero-order chi connectivity index (χ0) is 27.9. The van der Waals surface area contributed by atoms with Gasteiger partial charge in [-0.1, -0.05) is 18.2 Å². The van der Waals surface area contributed by atoms with Gasteiger partial charge in [-0.15, -0.1) is 0 Å². The smallest absolute Gasteiger partial charge is 0.309 e. The monoisotopic (exact) mass is 561 g/mol. The summed E-state index contributed by atoms with van der Waals surface area (Å²) in [7, 11) is -4.20. The lowest BCUT2D eigenvalue weighted by molar-refractivity contribution is -0.157. The highest BCUT2D eigenvalue weighted by molar-refractivity contribution is 7.92. The number of anilines is 1. The van der Waals surface area contributed by atoms with Gasteiger partial charge in [0.1, 0.15) is 17.7 Å². The van der Waals surface area contributed by atoms with Crippen LogP contribution in [-0.2, 0) is 19.6 Å². The minimum atomic E-state index is -4.20. The molecule has 3 aromatic rings. The number of rotatable bonds is 6. The van der Waals surface area contributed by atoms with Crippen LogP contribution in [0.4, 0.5) is 18.9 Å². The summed E-state index contributed by atoms with van der Waals surface area (Å²) < 4.78 is 82.9. The van der Waals surface area contributed by atoms with Crippen molar-refractivity contribution in [1.29, 1.82) is 0 Å². The van der Waals surface area contributed by atoms with E-state index in [1.807, 2.05) is 0 Å². The van der Waals surface area contributed by atoms with E-state index in [0.29, 0.717) is 11.6 Å². The van der Waals surface area contributed by atoms with Crippen LogP contribution in [-0.4, -0.2) is 45.4 Å². The molecule has 0 aromatic heterocycles. The first kappa shape index (κ1) is 27.0. The summed E-state index contributed by atoms with van der Waals surface area (Å²) in [5.74, 6) is -4.53. The highest BCUT2D eigenvalue weighted by Gasteiger charge is 2.45. The van der Waals surface area contributed by atoms with Gasteiger partial charge in [-0.3, -0.25) is 9.10 Å². The Kier molecular flexibility index (Phi) is 7.06. The first-order valence-electron chi connectivity index (χ1n) is 12.4. The quantitative estimate of drug-likeness (QED) is 0.411. The second-order valence-corrected chi connectivity index (χ2v) is 11.8. The van der Waals surface area contributed by atoms with Crippen LogP contribution in [0.2, 0.25) is 0 Å². The topological polar surface area (TPSA) is 93.1 Å². The van der Waals surface area contributed by atoms with E-state index in [9.17, 15) is 31.5 Å². The van der Waals surface area contributed by atoms with Gasteiger partial charge in [0.25, 0.3) is 10.0 Å². The zero-order valence-corrected chi connectivity index (χ0v) is 21.8. The lowest BCUT2D eigenvalue weighted by atomic mass is 9.75. The lowest BCUT2D eigenvalue weighted by Crippen LogP contribution is -2.48. The number of ether oxygens (including phenoxy) is 2. The standard InChI is InChI=1S/C28H26F3NO6S/c1-17-3-2-4-21(11-17)39(35,36)32-16-20(15-28(27(33)34)7-9-37-10-8-28)38-25-6-5-18(12-24(25)32)22-13-19(29)14-23(30)26(22)31/h2-6,11-14,20H,7-10,15-16H2,1H3,(H,33,34)/t20-/m0/s1. The Morgan fingerprint density at radius 3 is 2.51 bits per heavy atom. The Morgan fingerprint density at radius 1 is 1.08 bits per heavy atom. The molecule has 0 aliphatic carbocycles. The van der Waals surface area contributed by atoms with Crippen molar-refractivity contribution in [1.82, 2.24) is 0 Å². The van der Waals surface area contributed by atoms with Crippen LogP contribution < -0.4 is 9.04 Å².